The fraction of sp³-hybridized carbons (Fsp3) is 0.611. The van der Waals surface area contributed by atoms with Crippen molar-refractivity contribution >= 4 is 21.4 Å². The molecule has 0 aromatic heterocycles. The number of hydrogen-bond donors (Lipinski definition) is 1. The van der Waals surface area contributed by atoms with Crippen LogP contribution in [0.25, 0.3) is 0 Å². The summed E-state index contributed by atoms with van der Waals surface area (Å²) in [4.78, 5) is 14.2. The summed E-state index contributed by atoms with van der Waals surface area (Å²) in [6.07, 6.45) is -2.37. The van der Waals surface area contributed by atoms with E-state index in [1.807, 2.05) is 0 Å². The maximum Gasteiger partial charge on any atom is 0.416 e. The Morgan fingerprint density at radius 1 is 1.29 bits per heavy atom. The van der Waals surface area contributed by atoms with Crippen molar-refractivity contribution in [2.75, 3.05) is 36.5 Å². The summed E-state index contributed by atoms with van der Waals surface area (Å²) in [5.41, 5.74) is -0.792. The molecule has 28 heavy (non-hydrogen) atoms. The van der Waals surface area contributed by atoms with Crippen molar-refractivity contribution in [3.63, 3.8) is 0 Å². The van der Waals surface area contributed by atoms with Gasteiger partial charge in [0.2, 0.25) is 5.91 Å². The molecule has 2 saturated heterocycles. The summed E-state index contributed by atoms with van der Waals surface area (Å²) < 4.78 is 67.7. The molecule has 2 aliphatic rings. The second-order valence-corrected chi connectivity index (χ2v) is 9.48. The molecule has 2 heterocycles. The van der Waals surface area contributed by atoms with Gasteiger partial charge in [-0.3, -0.25) is 9.69 Å². The van der Waals surface area contributed by atoms with Crippen LogP contribution in [0.3, 0.4) is 0 Å². The van der Waals surface area contributed by atoms with Crippen LogP contribution in [0.2, 0.25) is 0 Å². The highest BCUT2D eigenvalue weighted by atomic mass is 32.2. The van der Waals surface area contributed by atoms with Crippen LogP contribution in [0, 0.1) is 0 Å². The third-order valence-corrected chi connectivity index (χ3v) is 6.76. The van der Waals surface area contributed by atoms with Gasteiger partial charge >= 0.3 is 6.18 Å². The van der Waals surface area contributed by atoms with Crippen LogP contribution in [0.4, 0.5) is 18.9 Å². The van der Waals surface area contributed by atoms with E-state index in [4.69, 9.17) is 4.74 Å². The van der Waals surface area contributed by atoms with Gasteiger partial charge in [0.1, 0.15) is 0 Å². The Morgan fingerprint density at radius 3 is 2.68 bits per heavy atom. The van der Waals surface area contributed by atoms with E-state index in [1.54, 1.807) is 4.90 Å². The van der Waals surface area contributed by atoms with Gasteiger partial charge in [0, 0.05) is 24.9 Å². The highest BCUT2D eigenvalue weighted by Gasteiger charge is 2.35. The Kier molecular flexibility index (Phi) is 6.31. The molecular weight excluding hydrogens is 397 g/mol. The number of halogens is 3. The van der Waals surface area contributed by atoms with Gasteiger partial charge in [-0.2, -0.15) is 13.2 Å². The molecule has 2 fully saturated rings. The predicted molar refractivity (Wildman–Crippen MR) is 97.7 cm³/mol. The van der Waals surface area contributed by atoms with E-state index in [0.29, 0.717) is 19.6 Å². The molecule has 1 amide bonds. The van der Waals surface area contributed by atoms with Gasteiger partial charge in [0.05, 0.1) is 29.7 Å². The van der Waals surface area contributed by atoms with Gasteiger partial charge in [0.25, 0.3) is 0 Å². The predicted octanol–water partition coefficient (Wildman–Crippen LogP) is 2.31. The number of carbonyl (C=O) groups excluding carboxylic acids is 1. The smallest absolute Gasteiger partial charge is 0.377 e. The standard InChI is InChI=1S/C18H23F3N2O4S/c19-18(20,21)13-3-1-4-14(9-13)22-17(24)11-23(10-16-5-2-7-27-16)15-6-8-28(25,26)12-15/h1,3-4,9,15-16H,2,5-8,10-12H2,(H,22,24). The van der Waals surface area contributed by atoms with Crippen molar-refractivity contribution in [1.29, 1.82) is 0 Å². The molecule has 6 nitrogen and oxygen atoms in total. The summed E-state index contributed by atoms with van der Waals surface area (Å²) in [5.74, 6) is -0.424. The second kappa shape index (κ2) is 8.38. The van der Waals surface area contributed by atoms with E-state index in [-0.39, 0.29) is 35.9 Å². The molecule has 2 unspecified atom stereocenters. The van der Waals surface area contributed by atoms with Crippen molar-refractivity contribution in [1.82, 2.24) is 4.90 Å². The molecule has 0 radical (unpaired) electrons. The van der Waals surface area contributed by atoms with Crippen LogP contribution in [0.5, 0.6) is 0 Å². The third-order valence-electron chi connectivity index (χ3n) is 5.01. The van der Waals surface area contributed by atoms with Crippen LogP contribution < -0.4 is 5.32 Å². The number of alkyl halides is 3. The van der Waals surface area contributed by atoms with Crippen molar-refractivity contribution in [3.8, 4) is 0 Å². The first kappa shape index (κ1) is 21.1. The van der Waals surface area contributed by atoms with Gasteiger partial charge in [-0.05, 0) is 37.5 Å². The van der Waals surface area contributed by atoms with Crippen LogP contribution in [0.1, 0.15) is 24.8 Å². The second-order valence-electron chi connectivity index (χ2n) is 7.25. The highest BCUT2D eigenvalue weighted by Crippen LogP contribution is 2.30. The lowest BCUT2D eigenvalue weighted by atomic mass is 10.1. The number of ether oxygens (including phenoxy) is 1. The molecule has 1 N–H and O–H groups in total. The maximum absolute atomic E-state index is 12.8. The molecule has 10 heteroatoms. The monoisotopic (exact) mass is 420 g/mol. The topological polar surface area (TPSA) is 75.7 Å². The number of carbonyl (C=O) groups is 1. The Balaban J connectivity index is 1.67. The summed E-state index contributed by atoms with van der Waals surface area (Å²) in [7, 11) is -3.13. The van der Waals surface area contributed by atoms with Gasteiger partial charge in [0.15, 0.2) is 9.84 Å². The lowest BCUT2D eigenvalue weighted by Crippen LogP contribution is -2.45. The fourth-order valence-corrected chi connectivity index (χ4v) is 5.38. The summed E-state index contributed by atoms with van der Waals surface area (Å²) in [6, 6.07) is 4.14. The molecule has 1 aromatic carbocycles. The minimum Gasteiger partial charge on any atom is -0.377 e. The Bertz CT molecular complexity index is 807. The zero-order valence-electron chi connectivity index (χ0n) is 15.2. The molecule has 2 aliphatic heterocycles. The van der Waals surface area contributed by atoms with E-state index in [0.717, 1.165) is 25.0 Å². The van der Waals surface area contributed by atoms with E-state index in [2.05, 4.69) is 5.32 Å². The van der Waals surface area contributed by atoms with E-state index in [1.165, 1.54) is 12.1 Å². The normalized spacial score (nSPS) is 24.6. The SMILES string of the molecule is O=C(CN(CC1CCCO1)C1CCS(=O)(=O)C1)Nc1cccc(C(F)(F)F)c1. The van der Waals surface area contributed by atoms with E-state index in [9.17, 15) is 26.4 Å². The van der Waals surface area contributed by atoms with Crippen molar-refractivity contribution in [2.45, 2.75) is 37.6 Å². The minimum atomic E-state index is -4.50. The number of amides is 1. The average Bonchev–Trinajstić information content (AvgIpc) is 3.23. The molecular formula is C18H23F3N2O4S. The first-order valence-electron chi connectivity index (χ1n) is 9.15. The molecule has 2 atom stereocenters. The number of sulfone groups is 1. The van der Waals surface area contributed by atoms with Crippen LogP contribution >= 0.6 is 0 Å². The molecule has 0 aliphatic carbocycles. The van der Waals surface area contributed by atoms with Crippen LogP contribution in [-0.2, 0) is 25.5 Å². The quantitative estimate of drug-likeness (QED) is 0.765. The Labute approximate surface area is 162 Å². The molecule has 0 bridgehead atoms. The number of hydrogen-bond acceptors (Lipinski definition) is 5. The summed E-state index contributed by atoms with van der Waals surface area (Å²) in [5, 5.41) is 2.48. The maximum atomic E-state index is 12.8. The largest absolute Gasteiger partial charge is 0.416 e. The van der Waals surface area contributed by atoms with Gasteiger partial charge in [-0.15, -0.1) is 0 Å². The zero-order valence-corrected chi connectivity index (χ0v) is 16.1. The number of benzene rings is 1. The van der Waals surface area contributed by atoms with E-state index >= 15 is 0 Å². The van der Waals surface area contributed by atoms with Crippen LogP contribution in [-0.4, -0.2) is 62.6 Å². The highest BCUT2D eigenvalue weighted by molar-refractivity contribution is 7.91. The summed E-state index contributed by atoms with van der Waals surface area (Å²) >= 11 is 0. The van der Waals surface area contributed by atoms with Gasteiger partial charge in [-0.25, -0.2) is 8.42 Å². The average molecular weight is 420 g/mol. The van der Waals surface area contributed by atoms with Gasteiger partial charge in [-0.1, -0.05) is 6.07 Å². The minimum absolute atomic E-state index is 0.0173. The van der Waals surface area contributed by atoms with Gasteiger partial charge < -0.3 is 10.1 Å². The third kappa shape index (κ3) is 5.68. The van der Waals surface area contributed by atoms with E-state index < -0.39 is 27.5 Å². The Morgan fingerprint density at radius 2 is 2.07 bits per heavy atom. The first-order chi connectivity index (χ1) is 13.1. The Hall–Kier alpha value is -1.65. The van der Waals surface area contributed by atoms with Crippen molar-refractivity contribution < 1.29 is 31.1 Å². The number of rotatable bonds is 6. The lowest BCUT2D eigenvalue weighted by molar-refractivity contribution is -0.137. The summed E-state index contributed by atoms with van der Waals surface area (Å²) in [6.45, 7) is 0.963. The number of anilines is 1. The molecule has 0 saturated carbocycles. The van der Waals surface area contributed by atoms with Crippen molar-refractivity contribution in [3.05, 3.63) is 29.8 Å². The number of nitrogens with one attached hydrogen (secondary N) is 1. The van der Waals surface area contributed by atoms with Crippen LogP contribution in [0.15, 0.2) is 24.3 Å². The molecule has 0 spiro atoms. The fourth-order valence-electron chi connectivity index (χ4n) is 3.61. The lowest BCUT2D eigenvalue weighted by Gasteiger charge is -2.29. The molecule has 3 rings (SSSR count). The zero-order chi connectivity index (χ0) is 20.4. The number of nitrogens with zero attached hydrogens (tertiary/aromatic N) is 1. The first-order valence-corrected chi connectivity index (χ1v) is 11.0. The molecule has 1 aromatic rings. The van der Waals surface area contributed by atoms with Crippen molar-refractivity contribution in [2.24, 2.45) is 0 Å². The molecule has 156 valence electrons.